The molecule has 0 bridgehead atoms. The fraction of sp³-hybridized carbons (Fsp3) is 0.722. The van der Waals surface area contributed by atoms with Crippen LogP contribution in [0.25, 0.3) is 0 Å². The minimum Gasteiger partial charge on any atom is -0.310 e. The van der Waals surface area contributed by atoms with E-state index in [4.69, 9.17) is 0 Å². The largest absolute Gasteiger partial charge is 0.310 e. The third-order valence-corrected chi connectivity index (χ3v) is 5.41. The summed E-state index contributed by atoms with van der Waals surface area (Å²) in [6, 6.07) is 6.80. The molecule has 2 atom stereocenters. The van der Waals surface area contributed by atoms with E-state index in [9.17, 15) is 0 Å². The van der Waals surface area contributed by atoms with Crippen molar-refractivity contribution < 1.29 is 0 Å². The molecule has 21 heavy (non-hydrogen) atoms. The van der Waals surface area contributed by atoms with Crippen LogP contribution in [0.15, 0.2) is 24.4 Å². The molecule has 0 spiro atoms. The lowest BCUT2D eigenvalue weighted by Gasteiger charge is -2.51. The van der Waals surface area contributed by atoms with Gasteiger partial charge in [-0.3, -0.25) is 9.88 Å². The highest BCUT2D eigenvalue weighted by Crippen LogP contribution is 2.45. The van der Waals surface area contributed by atoms with E-state index in [0.29, 0.717) is 17.0 Å². The number of hydrogen-bond donors (Lipinski definition) is 1. The lowest BCUT2D eigenvalue weighted by molar-refractivity contribution is 0.00335. The Hall–Kier alpha value is -0.930. The highest BCUT2D eigenvalue weighted by Gasteiger charge is 2.49. The number of hydrogen-bond acceptors (Lipinski definition) is 3. The van der Waals surface area contributed by atoms with Crippen molar-refractivity contribution in [3.05, 3.63) is 30.1 Å². The summed E-state index contributed by atoms with van der Waals surface area (Å²) >= 11 is 0. The van der Waals surface area contributed by atoms with Crippen molar-refractivity contribution in [2.24, 2.45) is 11.3 Å². The van der Waals surface area contributed by atoms with Gasteiger partial charge in [0.05, 0.1) is 5.69 Å². The van der Waals surface area contributed by atoms with Crippen molar-refractivity contribution >= 4 is 0 Å². The first kappa shape index (κ1) is 15.0. The van der Waals surface area contributed by atoms with Gasteiger partial charge in [0.15, 0.2) is 0 Å². The van der Waals surface area contributed by atoms with Crippen molar-refractivity contribution in [2.45, 2.75) is 58.7 Å². The Kier molecular flexibility index (Phi) is 3.83. The van der Waals surface area contributed by atoms with Gasteiger partial charge < -0.3 is 5.32 Å². The van der Waals surface area contributed by atoms with Gasteiger partial charge in [-0.25, -0.2) is 0 Å². The first-order valence-corrected chi connectivity index (χ1v) is 8.28. The number of aromatic nitrogens is 1. The quantitative estimate of drug-likeness (QED) is 0.926. The van der Waals surface area contributed by atoms with E-state index in [1.165, 1.54) is 18.5 Å². The number of nitrogens with one attached hydrogen (secondary N) is 1. The summed E-state index contributed by atoms with van der Waals surface area (Å²) in [5.74, 6) is 0.856. The molecular formula is C18H29N3. The summed E-state index contributed by atoms with van der Waals surface area (Å²) in [6.07, 6.45) is 4.68. The molecule has 3 heteroatoms. The molecule has 2 aliphatic rings. The molecule has 1 saturated carbocycles. The first-order valence-electron chi connectivity index (χ1n) is 8.28. The van der Waals surface area contributed by atoms with Crippen molar-refractivity contribution in [2.75, 3.05) is 13.1 Å². The molecule has 0 amide bonds. The highest BCUT2D eigenvalue weighted by molar-refractivity contribution is 5.10. The van der Waals surface area contributed by atoms with Crippen LogP contribution in [0.3, 0.4) is 0 Å². The first-order chi connectivity index (χ1) is 9.89. The van der Waals surface area contributed by atoms with E-state index in [1.54, 1.807) is 0 Å². The van der Waals surface area contributed by atoms with Gasteiger partial charge in [0.2, 0.25) is 0 Å². The standard InChI is InChI=1S/C18H29N3/c1-17(2,3)16-12-21(11-15-7-5-6-10-19-15)18(4,13-20-16)14-8-9-14/h5-7,10,14,16,20H,8-9,11-13H2,1-4H3. The molecule has 3 rings (SSSR count). The smallest absolute Gasteiger partial charge is 0.0544 e. The molecule has 2 heterocycles. The summed E-state index contributed by atoms with van der Waals surface area (Å²) in [6.45, 7) is 12.7. The average molecular weight is 287 g/mol. The Balaban J connectivity index is 1.80. The second-order valence-electron chi connectivity index (χ2n) is 8.13. The SMILES string of the molecule is CC(C)(C)C1CN(Cc2ccccn2)C(C)(C2CC2)CN1. The summed E-state index contributed by atoms with van der Waals surface area (Å²) in [4.78, 5) is 7.24. The summed E-state index contributed by atoms with van der Waals surface area (Å²) in [5.41, 5.74) is 1.78. The van der Waals surface area contributed by atoms with Gasteiger partial charge in [-0.2, -0.15) is 0 Å². The van der Waals surface area contributed by atoms with Gasteiger partial charge in [0.25, 0.3) is 0 Å². The monoisotopic (exact) mass is 287 g/mol. The summed E-state index contributed by atoms with van der Waals surface area (Å²) in [5, 5.41) is 3.82. The number of nitrogens with zero attached hydrogens (tertiary/aromatic N) is 2. The summed E-state index contributed by atoms with van der Waals surface area (Å²) in [7, 11) is 0. The predicted octanol–water partition coefficient (Wildman–Crippen LogP) is 3.07. The van der Waals surface area contributed by atoms with E-state index in [1.807, 2.05) is 12.3 Å². The van der Waals surface area contributed by atoms with E-state index in [2.05, 4.69) is 55.0 Å². The second kappa shape index (κ2) is 5.36. The Morgan fingerprint density at radius 1 is 1.33 bits per heavy atom. The van der Waals surface area contributed by atoms with E-state index in [0.717, 1.165) is 25.6 Å². The number of pyridine rings is 1. The molecule has 1 aromatic heterocycles. The van der Waals surface area contributed by atoms with Gasteiger partial charge in [-0.15, -0.1) is 0 Å². The average Bonchev–Trinajstić information content (AvgIpc) is 3.26. The van der Waals surface area contributed by atoms with Crippen LogP contribution in [0.2, 0.25) is 0 Å². The van der Waals surface area contributed by atoms with E-state index in [-0.39, 0.29) is 0 Å². The van der Waals surface area contributed by atoms with Crippen molar-refractivity contribution in [3.8, 4) is 0 Å². The fourth-order valence-corrected chi connectivity index (χ4v) is 3.56. The van der Waals surface area contributed by atoms with Crippen LogP contribution in [0.5, 0.6) is 0 Å². The number of piperazine rings is 1. The fourth-order valence-electron chi connectivity index (χ4n) is 3.56. The van der Waals surface area contributed by atoms with Crippen LogP contribution in [0, 0.1) is 11.3 Å². The molecule has 1 aliphatic heterocycles. The summed E-state index contributed by atoms with van der Waals surface area (Å²) < 4.78 is 0. The third kappa shape index (κ3) is 3.14. The molecule has 1 saturated heterocycles. The zero-order chi connectivity index (χ0) is 15.1. The predicted molar refractivity (Wildman–Crippen MR) is 87.0 cm³/mol. The van der Waals surface area contributed by atoms with Crippen LogP contribution in [0.4, 0.5) is 0 Å². The molecule has 1 N–H and O–H groups in total. The highest BCUT2D eigenvalue weighted by atomic mass is 15.3. The van der Waals surface area contributed by atoms with Gasteiger partial charge in [0.1, 0.15) is 0 Å². The van der Waals surface area contributed by atoms with E-state index < -0.39 is 0 Å². The molecule has 0 aromatic carbocycles. The Bertz CT molecular complexity index is 475. The van der Waals surface area contributed by atoms with Crippen LogP contribution < -0.4 is 5.32 Å². The van der Waals surface area contributed by atoms with Gasteiger partial charge in [-0.1, -0.05) is 26.8 Å². The van der Waals surface area contributed by atoms with Gasteiger partial charge >= 0.3 is 0 Å². The van der Waals surface area contributed by atoms with Crippen LogP contribution in [-0.2, 0) is 6.54 Å². The number of rotatable bonds is 3. The van der Waals surface area contributed by atoms with E-state index >= 15 is 0 Å². The van der Waals surface area contributed by atoms with Crippen molar-refractivity contribution in [1.29, 1.82) is 0 Å². The molecular weight excluding hydrogens is 258 g/mol. The minimum atomic E-state index is 0.291. The molecule has 0 radical (unpaired) electrons. The van der Waals surface area contributed by atoms with Crippen molar-refractivity contribution in [1.82, 2.24) is 15.2 Å². The van der Waals surface area contributed by atoms with Crippen molar-refractivity contribution in [3.63, 3.8) is 0 Å². The maximum Gasteiger partial charge on any atom is 0.0544 e. The maximum absolute atomic E-state index is 4.54. The third-order valence-electron chi connectivity index (χ3n) is 5.41. The Morgan fingerprint density at radius 3 is 2.67 bits per heavy atom. The molecule has 1 aliphatic carbocycles. The zero-order valence-electron chi connectivity index (χ0n) is 13.9. The molecule has 2 unspecified atom stereocenters. The zero-order valence-corrected chi connectivity index (χ0v) is 13.9. The Morgan fingerprint density at radius 2 is 2.10 bits per heavy atom. The molecule has 3 nitrogen and oxygen atoms in total. The normalized spacial score (nSPS) is 31.3. The van der Waals surface area contributed by atoms with Gasteiger partial charge in [0, 0.05) is 37.4 Å². The lowest BCUT2D eigenvalue weighted by atomic mass is 9.81. The maximum atomic E-state index is 4.54. The second-order valence-corrected chi connectivity index (χ2v) is 8.13. The molecule has 1 aromatic rings. The molecule has 116 valence electrons. The van der Waals surface area contributed by atoms with Crippen LogP contribution >= 0.6 is 0 Å². The Labute approximate surface area is 129 Å². The van der Waals surface area contributed by atoms with Crippen LogP contribution in [-0.4, -0.2) is 34.6 Å². The topological polar surface area (TPSA) is 28.2 Å². The lowest BCUT2D eigenvalue weighted by Crippen LogP contribution is -2.66. The van der Waals surface area contributed by atoms with Gasteiger partial charge in [-0.05, 0) is 43.2 Å². The van der Waals surface area contributed by atoms with Crippen LogP contribution in [0.1, 0.15) is 46.2 Å². The minimum absolute atomic E-state index is 0.291. The molecule has 2 fully saturated rings.